The van der Waals surface area contributed by atoms with Crippen molar-refractivity contribution in [3.05, 3.63) is 84.2 Å². The molecule has 216 valence electrons. The van der Waals surface area contributed by atoms with Crippen LogP contribution in [-0.2, 0) is 27.5 Å². The van der Waals surface area contributed by atoms with Gasteiger partial charge in [0.05, 0.1) is 60.9 Å². The molecule has 0 unspecified atom stereocenters. The van der Waals surface area contributed by atoms with E-state index < -0.39 is 31.0 Å². The quantitative estimate of drug-likeness (QED) is 0.174. The maximum absolute atomic E-state index is 11.3. The highest BCUT2D eigenvalue weighted by Crippen LogP contribution is 2.30. The van der Waals surface area contributed by atoms with Gasteiger partial charge in [0.2, 0.25) is 0 Å². The molecule has 0 aliphatic carbocycles. The zero-order valence-electron chi connectivity index (χ0n) is 22.7. The van der Waals surface area contributed by atoms with Crippen molar-refractivity contribution in [1.29, 1.82) is 0 Å². The number of carboxylic acids is 3. The Kier molecular flexibility index (Phi) is 9.87. The van der Waals surface area contributed by atoms with Crippen LogP contribution >= 0.6 is 0 Å². The maximum Gasteiger partial charge on any atom is 0.317 e. The van der Waals surface area contributed by atoms with Crippen molar-refractivity contribution in [1.82, 2.24) is 25.2 Å². The Hall–Kier alpha value is -5.20. The summed E-state index contributed by atoms with van der Waals surface area (Å²) in [5, 5.41) is 30.1. The molecule has 0 aliphatic rings. The van der Waals surface area contributed by atoms with E-state index in [0.29, 0.717) is 39.9 Å². The number of hydrogen-bond donors (Lipinski definition) is 4. The van der Waals surface area contributed by atoms with Gasteiger partial charge in [-0.25, -0.2) is 15.0 Å². The highest BCUT2D eigenvalue weighted by atomic mass is 16.5. The number of carbonyl (C=O) groups is 3. The molecule has 12 nitrogen and oxygen atoms in total. The predicted molar refractivity (Wildman–Crippen MR) is 153 cm³/mol. The van der Waals surface area contributed by atoms with Crippen LogP contribution in [0.3, 0.4) is 0 Å². The number of benzene rings is 1. The minimum Gasteiger partial charge on any atom is -0.497 e. The predicted octanol–water partition coefficient (Wildman–Crippen LogP) is 3.03. The van der Waals surface area contributed by atoms with Gasteiger partial charge < -0.3 is 25.4 Å². The zero-order chi connectivity index (χ0) is 30.1. The lowest BCUT2D eigenvalue weighted by molar-refractivity contribution is -0.142. The molecule has 1 aromatic carbocycles. The van der Waals surface area contributed by atoms with Crippen molar-refractivity contribution in [2.45, 2.75) is 13.1 Å². The summed E-state index contributed by atoms with van der Waals surface area (Å²) < 4.78 is 5.29. The number of carboxylic acid groups (broad SMARTS) is 3. The van der Waals surface area contributed by atoms with E-state index in [1.165, 1.54) is 4.90 Å². The molecule has 0 spiro atoms. The van der Waals surface area contributed by atoms with Crippen LogP contribution in [0, 0.1) is 0 Å². The third-order valence-electron chi connectivity index (χ3n) is 6.07. The molecule has 4 N–H and O–H groups in total. The van der Waals surface area contributed by atoms with Crippen LogP contribution in [0.2, 0.25) is 0 Å². The molecule has 0 saturated heterocycles. The Morgan fingerprint density at radius 3 is 1.83 bits per heavy atom. The molecule has 0 aliphatic heterocycles. The van der Waals surface area contributed by atoms with Crippen molar-refractivity contribution in [2.75, 3.05) is 26.7 Å². The SMILES string of the molecule is COc1ccc(-c2cc(-c3cccc(CNCC(=O)O)n3)nc(-c3cccc(CN(CC(=O)O)CC(=O)O)n3)c2)cc1. The molecule has 0 saturated carbocycles. The minimum absolute atomic E-state index is 0.0183. The van der Waals surface area contributed by atoms with Crippen LogP contribution in [0.4, 0.5) is 0 Å². The molecule has 12 heteroatoms. The number of pyridine rings is 3. The molecule has 3 heterocycles. The van der Waals surface area contributed by atoms with Crippen LogP contribution < -0.4 is 10.1 Å². The summed E-state index contributed by atoms with van der Waals surface area (Å²) in [4.78, 5) is 48.8. The Morgan fingerprint density at radius 2 is 1.29 bits per heavy atom. The van der Waals surface area contributed by atoms with Crippen LogP contribution in [0.5, 0.6) is 5.75 Å². The highest BCUT2D eigenvalue weighted by molar-refractivity contribution is 5.75. The second-order valence-corrected chi connectivity index (χ2v) is 9.31. The number of aliphatic carboxylic acids is 3. The summed E-state index contributed by atoms with van der Waals surface area (Å²) in [6.45, 7) is -0.810. The number of aromatic nitrogens is 3. The lowest BCUT2D eigenvalue weighted by Gasteiger charge is -2.17. The number of rotatable bonds is 14. The van der Waals surface area contributed by atoms with Gasteiger partial charge in [0.15, 0.2) is 0 Å². The van der Waals surface area contributed by atoms with Crippen molar-refractivity contribution < 1.29 is 34.4 Å². The van der Waals surface area contributed by atoms with E-state index in [1.54, 1.807) is 31.4 Å². The van der Waals surface area contributed by atoms with E-state index in [9.17, 15) is 24.6 Å². The van der Waals surface area contributed by atoms with E-state index in [-0.39, 0.29) is 19.6 Å². The van der Waals surface area contributed by atoms with E-state index in [4.69, 9.17) is 14.8 Å². The van der Waals surface area contributed by atoms with Gasteiger partial charge in [0, 0.05) is 13.1 Å². The molecular weight excluding hydrogens is 542 g/mol. The molecule has 4 aromatic rings. The minimum atomic E-state index is -1.14. The average molecular weight is 572 g/mol. The molecule has 4 rings (SSSR count). The van der Waals surface area contributed by atoms with Gasteiger partial charge in [-0.2, -0.15) is 0 Å². The van der Waals surface area contributed by atoms with E-state index >= 15 is 0 Å². The van der Waals surface area contributed by atoms with E-state index in [0.717, 1.165) is 11.1 Å². The van der Waals surface area contributed by atoms with Gasteiger partial charge in [0.25, 0.3) is 0 Å². The van der Waals surface area contributed by atoms with Crippen LogP contribution in [0.15, 0.2) is 72.8 Å². The van der Waals surface area contributed by atoms with Gasteiger partial charge in [-0.15, -0.1) is 0 Å². The smallest absolute Gasteiger partial charge is 0.317 e. The molecule has 0 radical (unpaired) electrons. The molecule has 3 aromatic heterocycles. The zero-order valence-corrected chi connectivity index (χ0v) is 22.7. The summed E-state index contributed by atoms with van der Waals surface area (Å²) >= 11 is 0. The van der Waals surface area contributed by atoms with Crippen LogP contribution in [-0.4, -0.2) is 79.8 Å². The molecule has 0 fully saturated rings. The fourth-order valence-corrected chi connectivity index (χ4v) is 4.25. The first-order valence-electron chi connectivity index (χ1n) is 12.9. The van der Waals surface area contributed by atoms with Gasteiger partial charge in [-0.3, -0.25) is 19.3 Å². The standard InChI is InChI=1S/C30H29N5O7/c1-42-23-10-8-19(9-11-23)20-12-26(24-6-2-4-21(32-24)14-31-15-28(36)37)34-27(13-20)25-7-3-5-22(33-25)16-35(17-29(38)39)18-30(40)41/h2-13,31H,14-18H2,1H3,(H,36,37)(H,38,39)(H,40,41). The summed E-state index contributed by atoms with van der Waals surface area (Å²) in [5.41, 5.74) is 5.02. The Labute approximate surface area is 241 Å². The number of methoxy groups -OCH3 is 1. The topological polar surface area (TPSA) is 175 Å². The summed E-state index contributed by atoms with van der Waals surface area (Å²) in [5.74, 6) is -2.54. The number of nitrogens with zero attached hydrogens (tertiary/aromatic N) is 4. The molecule has 42 heavy (non-hydrogen) atoms. The average Bonchev–Trinajstić information content (AvgIpc) is 2.96. The third kappa shape index (κ3) is 8.40. The number of ether oxygens (including phenoxy) is 1. The monoisotopic (exact) mass is 571 g/mol. The summed E-state index contributed by atoms with van der Waals surface area (Å²) in [6.07, 6.45) is 0. The van der Waals surface area contributed by atoms with Gasteiger partial charge in [-0.1, -0.05) is 24.3 Å². The Bertz CT molecular complexity index is 1560. The normalized spacial score (nSPS) is 10.9. The second kappa shape index (κ2) is 13.9. The summed E-state index contributed by atoms with van der Waals surface area (Å²) in [7, 11) is 1.59. The Balaban J connectivity index is 1.74. The molecule has 0 bridgehead atoms. The highest BCUT2D eigenvalue weighted by Gasteiger charge is 2.16. The molecule has 0 amide bonds. The van der Waals surface area contributed by atoms with E-state index in [1.807, 2.05) is 48.5 Å². The van der Waals surface area contributed by atoms with Crippen molar-refractivity contribution in [2.24, 2.45) is 0 Å². The first-order chi connectivity index (χ1) is 20.2. The lowest BCUT2D eigenvalue weighted by Crippen LogP contribution is -2.34. The van der Waals surface area contributed by atoms with Crippen molar-refractivity contribution in [3.8, 4) is 39.7 Å². The van der Waals surface area contributed by atoms with Gasteiger partial charge in [0.1, 0.15) is 5.75 Å². The third-order valence-corrected chi connectivity index (χ3v) is 6.07. The van der Waals surface area contributed by atoms with Crippen LogP contribution in [0.1, 0.15) is 11.4 Å². The number of hydrogen-bond acceptors (Lipinski definition) is 9. The lowest BCUT2D eigenvalue weighted by atomic mass is 10.0. The first kappa shape index (κ1) is 29.8. The van der Waals surface area contributed by atoms with Crippen molar-refractivity contribution >= 4 is 17.9 Å². The van der Waals surface area contributed by atoms with Crippen LogP contribution in [0.25, 0.3) is 33.9 Å². The van der Waals surface area contributed by atoms with E-state index in [2.05, 4.69) is 15.3 Å². The molecular formula is C30H29N5O7. The molecule has 0 atom stereocenters. The maximum atomic E-state index is 11.3. The largest absolute Gasteiger partial charge is 0.497 e. The fourth-order valence-electron chi connectivity index (χ4n) is 4.25. The van der Waals surface area contributed by atoms with Gasteiger partial charge in [-0.05, 0) is 59.7 Å². The summed E-state index contributed by atoms with van der Waals surface area (Å²) in [6, 6.07) is 21.9. The van der Waals surface area contributed by atoms with Gasteiger partial charge >= 0.3 is 17.9 Å². The fraction of sp³-hybridized carbons (Fsp3) is 0.200. The first-order valence-corrected chi connectivity index (χ1v) is 12.9. The number of nitrogens with one attached hydrogen (secondary N) is 1. The Morgan fingerprint density at radius 1 is 0.714 bits per heavy atom. The van der Waals surface area contributed by atoms with Crippen molar-refractivity contribution in [3.63, 3.8) is 0 Å². The second-order valence-electron chi connectivity index (χ2n) is 9.31.